The van der Waals surface area contributed by atoms with Gasteiger partial charge in [0.2, 0.25) is 0 Å². The van der Waals surface area contributed by atoms with Crippen molar-refractivity contribution >= 4 is 12.6 Å². The number of alkyl halides is 1. The van der Waals surface area contributed by atoms with Gasteiger partial charge in [0.05, 0.1) is 6.67 Å². The lowest BCUT2D eigenvalue weighted by molar-refractivity contribution is 0.465. The van der Waals surface area contributed by atoms with E-state index in [0.29, 0.717) is 19.3 Å². The minimum atomic E-state index is -0.301. The maximum atomic E-state index is 11.4. The van der Waals surface area contributed by atoms with E-state index in [0.717, 1.165) is 0 Å². The summed E-state index contributed by atoms with van der Waals surface area (Å²) in [7, 11) is 0. The molecule has 2 nitrogen and oxygen atoms in total. The van der Waals surface area contributed by atoms with Gasteiger partial charge in [-0.25, -0.2) is 4.99 Å². The van der Waals surface area contributed by atoms with E-state index in [1.165, 1.54) is 0 Å². The number of unbranched alkanes of at least 4 members (excludes halogenated alkanes) is 1. The van der Waals surface area contributed by atoms with Gasteiger partial charge in [0.25, 0.3) is 0 Å². The van der Waals surface area contributed by atoms with Gasteiger partial charge in [0, 0.05) is 6.42 Å². The first kappa shape index (κ1) is 8.27. The zero-order valence-corrected chi connectivity index (χ0v) is 5.36. The standard InChI is InChI=1S/C6H11FN2/c1-9-6(8)4-2-3-5-7/h8H,1-5H2. The highest BCUT2D eigenvalue weighted by Crippen LogP contribution is 1.96. The Kier molecular flexibility index (Phi) is 4.97. The third kappa shape index (κ3) is 5.14. The fourth-order valence-corrected chi connectivity index (χ4v) is 0.466. The van der Waals surface area contributed by atoms with Crippen LogP contribution in [0.15, 0.2) is 4.99 Å². The first-order valence-corrected chi connectivity index (χ1v) is 2.91. The summed E-state index contributed by atoms with van der Waals surface area (Å²) in [6, 6.07) is 0. The van der Waals surface area contributed by atoms with Crippen molar-refractivity contribution in [3.8, 4) is 0 Å². The number of halogens is 1. The molecule has 0 bridgehead atoms. The van der Waals surface area contributed by atoms with E-state index in [9.17, 15) is 4.39 Å². The van der Waals surface area contributed by atoms with Crippen LogP contribution in [0.2, 0.25) is 0 Å². The van der Waals surface area contributed by atoms with Crippen molar-refractivity contribution in [3.63, 3.8) is 0 Å². The van der Waals surface area contributed by atoms with Crippen LogP contribution in [-0.2, 0) is 0 Å². The van der Waals surface area contributed by atoms with Crippen molar-refractivity contribution in [2.45, 2.75) is 19.3 Å². The SMILES string of the molecule is C=NC(=N)CCCCF. The second-order valence-electron chi connectivity index (χ2n) is 1.75. The molecule has 0 atom stereocenters. The number of hydrogen-bond acceptors (Lipinski definition) is 1. The van der Waals surface area contributed by atoms with Crippen LogP contribution in [0.5, 0.6) is 0 Å². The van der Waals surface area contributed by atoms with E-state index >= 15 is 0 Å². The molecule has 9 heavy (non-hydrogen) atoms. The predicted octanol–water partition coefficient (Wildman–Crippen LogP) is 1.80. The molecular weight excluding hydrogens is 119 g/mol. The first-order valence-electron chi connectivity index (χ1n) is 2.91. The van der Waals surface area contributed by atoms with E-state index < -0.39 is 0 Å². The summed E-state index contributed by atoms with van der Waals surface area (Å²) in [6.07, 6.45) is 1.78. The molecule has 0 rings (SSSR count). The molecule has 0 radical (unpaired) electrons. The highest BCUT2D eigenvalue weighted by molar-refractivity contribution is 5.83. The molecule has 0 spiro atoms. The minimum Gasteiger partial charge on any atom is -0.287 e. The van der Waals surface area contributed by atoms with Gasteiger partial charge in [-0.2, -0.15) is 0 Å². The van der Waals surface area contributed by atoms with Gasteiger partial charge in [-0.15, -0.1) is 0 Å². The van der Waals surface area contributed by atoms with Gasteiger partial charge in [0.1, 0.15) is 5.84 Å². The summed E-state index contributed by atoms with van der Waals surface area (Å²) in [6.45, 7) is 2.87. The van der Waals surface area contributed by atoms with E-state index in [1.807, 2.05) is 0 Å². The Morgan fingerprint density at radius 1 is 1.56 bits per heavy atom. The zero-order chi connectivity index (χ0) is 7.11. The Hall–Kier alpha value is -0.730. The van der Waals surface area contributed by atoms with Crippen molar-refractivity contribution in [1.29, 1.82) is 5.41 Å². The molecule has 0 amide bonds. The number of rotatable bonds is 4. The largest absolute Gasteiger partial charge is 0.287 e. The molecule has 0 aliphatic heterocycles. The monoisotopic (exact) mass is 130 g/mol. The Balaban J connectivity index is 3.07. The van der Waals surface area contributed by atoms with Crippen LogP contribution in [0.4, 0.5) is 4.39 Å². The number of hydrogen-bond donors (Lipinski definition) is 1. The molecule has 52 valence electrons. The van der Waals surface area contributed by atoms with Gasteiger partial charge in [0.15, 0.2) is 0 Å². The molecule has 0 aliphatic rings. The highest BCUT2D eigenvalue weighted by Gasteiger charge is 1.90. The smallest absolute Gasteiger partial charge is 0.119 e. The van der Waals surface area contributed by atoms with Crippen LogP contribution in [0.1, 0.15) is 19.3 Å². The lowest BCUT2D eigenvalue weighted by Gasteiger charge is -1.92. The van der Waals surface area contributed by atoms with Crippen molar-refractivity contribution in [1.82, 2.24) is 0 Å². The number of nitrogens with one attached hydrogen (secondary N) is 1. The molecule has 3 heteroatoms. The average Bonchev–Trinajstić information content (AvgIpc) is 1.89. The lowest BCUT2D eigenvalue weighted by atomic mass is 10.2. The molecule has 0 saturated carbocycles. The molecule has 0 aromatic rings. The van der Waals surface area contributed by atoms with Crippen LogP contribution in [0, 0.1) is 5.41 Å². The molecular formula is C6H11FN2. The maximum Gasteiger partial charge on any atom is 0.119 e. The summed E-state index contributed by atoms with van der Waals surface area (Å²) >= 11 is 0. The summed E-state index contributed by atoms with van der Waals surface area (Å²) < 4.78 is 11.4. The zero-order valence-electron chi connectivity index (χ0n) is 5.36. The first-order chi connectivity index (χ1) is 4.31. The number of amidine groups is 1. The van der Waals surface area contributed by atoms with E-state index in [1.54, 1.807) is 0 Å². The molecule has 0 aliphatic carbocycles. The second kappa shape index (κ2) is 5.41. The molecule has 0 unspecified atom stereocenters. The maximum absolute atomic E-state index is 11.4. The van der Waals surface area contributed by atoms with Crippen LogP contribution < -0.4 is 0 Å². The third-order valence-corrected chi connectivity index (χ3v) is 0.988. The summed E-state index contributed by atoms with van der Waals surface area (Å²) in [5.41, 5.74) is 0. The Morgan fingerprint density at radius 2 is 2.22 bits per heavy atom. The molecule has 0 aromatic carbocycles. The lowest BCUT2D eigenvalue weighted by Crippen LogP contribution is -1.90. The summed E-state index contributed by atoms with van der Waals surface area (Å²) in [5.74, 6) is 0.253. The minimum absolute atomic E-state index is 0.253. The summed E-state index contributed by atoms with van der Waals surface area (Å²) in [4.78, 5) is 3.37. The topological polar surface area (TPSA) is 36.2 Å². The van der Waals surface area contributed by atoms with Crippen LogP contribution >= 0.6 is 0 Å². The molecule has 0 aromatic heterocycles. The molecule has 1 N–H and O–H groups in total. The number of aliphatic imine (C=N–C) groups is 1. The normalized spacial score (nSPS) is 9.00. The van der Waals surface area contributed by atoms with Gasteiger partial charge in [-0.05, 0) is 19.6 Å². The van der Waals surface area contributed by atoms with Crippen molar-refractivity contribution in [2.24, 2.45) is 4.99 Å². The van der Waals surface area contributed by atoms with Gasteiger partial charge >= 0.3 is 0 Å². The summed E-state index contributed by atoms with van der Waals surface area (Å²) in [5, 5.41) is 6.96. The predicted molar refractivity (Wildman–Crippen MR) is 37.1 cm³/mol. The van der Waals surface area contributed by atoms with E-state index in [2.05, 4.69) is 11.7 Å². The second-order valence-corrected chi connectivity index (χ2v) is 1.75. The van der Waals surface area contributed by atoms with Crippen LogP contribution in [0.3, 0.4) is 0 Å². The van der Waals surface area contributed by atoms with Crippen molar-refractivity contribution < 1.29 is 4.39 Å². The fraction of sp³-hybridized carbons (Fsp3) is 0.667. The average molecular weight is 130 g/mol. The Morgan fingerprint density at radius 3 is 2.67 bits per heavy atom. The van der Waals surface area contributed by atoms with Crippen LogP contribution in [0.25, 0.3) is 0 Å². The number of nitrogens with zero attached hydrogens (tertiary/aromatic N) is 1. The Bertz CT molecular complexity index is 101. The van der Waals surface area contributed by atoms with E-state index in [4.69, 9.17) is 5.41 Å². The van der Waals surface area contributed by atoms with Crippen molar-refractivity contribution in [3.05, 3.63) is 0 Å². The molecule has 0 saturated heterocycles. The molecule has 0 heterocycles. The van der Waals surface area contributed by atoms with Crippen molar-refractivity contribution in [2.75, 3.05) is 6.67 Å². The van der Waals surface area contributed by atoms with Crippen LogP contribution in [-0.4, -0.2) is 19.2 Å². The van der Waals surface area contributed by atoms with Gasteiger partial charge < -0.3 is 0 Å². The van der Waals surface area contributed by atoms with Gasteiger partial charge in [-0.1, -0.05) is 0 Å². The quantitative estimate of drug-likeness (QED) is 0.342. The highest BCUT2D eigenvalue weighted by atomic mass is 19.1. The Labute approximate surface area is 54.3 Å². The molecule has 0 fully saturated rings. The fourth-order valence-electron chi connectivity index (χ4n) is 0.466. The third-order valence-electron chi connectivity index (χ3n) is 0.988. The van der Waals surface area contributed by atoms with E-state index in [-0.39, 0.29) is 12.5 Å². The van der Waals surface area contributed by atoms with Gasteiger partial charge in [-0.3, -0.25) is 9.80 Å².